The van der Waals surface area contributed by atoms with Crippen LogP contribution in [0.3, 0.4) is 0 Å². The van der Waals surface area contributed by atoms with E-state index in [1.54, 1.807) is 27.0 Å². The van der Waals surface area contributed by atoms with Gasteiger partial charge in [-0.1, -0.05) is 32.1 Å². The number of likely N-dealkylation sites (tertiary alicyclic amines) is 1. The van der Waals surface area contributed by atoms with Gasteiger partial charge in [0.25, 0.3) is 0 Å². The first-order valence-corrected chi connectivity index (χ1v) is 13.5. The number of β-amino-alcohol motifs (C(OH)–C–C–N with tert-alkyl or cyclic N) is 1. The molecule has 4 rings (SSSR count). The number of amides is 2. The highest BCUT2D eigenvalue weighted by Crippen LogP contribution is 2.40. The van der Waals surface area contributed by atoms with Crippen LogP contribution in [0.5, 0.6) is 5.75 Å². The van der Waals surface area contributed by atoms with E-state index in [9.17, 15) is 27.9 Å². The number of alkyl halides is 3. The van der Waals surface area contributed by atoms with Gasteiger partial charge in [0.15, 0.2) is 0 Å². The molecule has 0 unspecified atom stereocenters. The third-order valence-corrected chi connectivity index (χ3v) is 6.97. The predicted molar refractivity (Wildman–Crippen MR) is 140 cm³/mol. The topological polar surface area (TPSA) is 110 Å². The van der Waals surface area contributed by atoms with Crippen molar-refractivity contribution in [1.29, 1.82) is 0 Å². The third-order valence-electron chi connectivity index (χ3n) is 6.97. The van der Waals surface area contributed by atoms with Crippen LogP contribution >= 0.6 is 0 Å². The molecule has 2 fully saturated rings. The average Bonchev–Trinajstić information content (AvgIpc) is 3.42. The predicted octanol–water partition coefficient (Wildman–Crippen LogP) is 4.22. The molecule has 2 aromatic rings. The summed E-state index contributed by atoms with van der Waals surface area (Å²) in [6.07, 6.45) is -1.83. The van der Waals surface area contributed by atoms with Crippen molar-refractivity contribution >= 4 is 11.8 Å². The zero-order valence-electron chi connectivity index (χ0n) is 23.7. The largest absolute Gasteiger partial charge is 0.488 e. The van der Waals surface area contributed by atoms with E-state index in [0.717, 1.165) is 24.6 Å². The Balaban J connectivity index is 1.52. The summed E-state index contributed by atoms with van der Waals surface area (Å²) in [5.74, 6) is -0.641. The summed E-state index contributed by atoms with van der Waals surface area (Å²) < 4.78 is 48.7. The van der Waals surface area contributed by atoms with E-state index in [1.807, 2.05) is 20.8 Å². The van der Waals surface area contributed by atoms with Crippen molar-refractivity contribution in [2.45, 2.75) is 103 Å². The number of hydrogen-bond donors (Lipinski definition) is 2. The molecule has 3 atom stereocenters. The second-order valence-electron chi connectivity index (χ2n) is 12.8. The fourth-order valence-corrected chi connectivity index (χ4v) is 5.02. The van der Waals surface area contributed by atoms with E-state index in [-0.39, 0.29) is 24.3 Å². The summed E-state index contributed by atoms with van der Waals surface area (Å²) in [5, 5.41) is 21.4. The number of aliphatic hydroxyl groups excluding tert-OH is 1. The van der Waals surface area contributed by atoms with Crippen LogP contribution in [0, 0.1) is 5.41 Å². The van der Waals surface area contributed by atoms with Crippen LogP contribution in [0.4, 0.5) is 13.2 Å². The Morgan fingerprint density at radius 2 is 1.82 bits per heavy atom. The van der Waals surface area contributed by atoms with Gasteiger partial charge in [0.05, 0.1) is 17.4 Å². The van der Waals surface area contributed by atoms with Crippen LogP contribution in [0.25, 0.3) is 0 Å². The van der Waals surface area contributed by atoms with Crippen molar-refractivity contribution in [3.63, 3.8) is 0 Å². The Labute approximate surface area is 232 Å². The van der Waals surface area contributed by atoms with Gasteiger partial charge in [-0.15, -0.1) is 5.10 Å². The zero-order valence-corrected chi connectivity index (χ0v) is 23.7. The average molecular weight is 566 g/mol. The minimum absolute atomic E-state index is 0.0242. The van der Waals surface area contributed by atoms with Gasteiger partial charge in [-0.3, -0.25) is 9.59 Å². The Hall–Kier alpha value is -3.15. The van der Waals surface area contributed by atoms with Crippen LogP contribution in [0.1, 0.15) is 89.6 Å². The lowest BCUT2D eigenvalue weighted by molar-refractivity contribution is -0.144. The quantitative estimate of drug-likeness (QED) is 0.521. The fourth-order valence-electron chi connectivity index (χ4n) is 5.02. The second-order valence-corrected chi connectivity index (χ2v) is 12.8. The van der Waals surface area contributed by atoms with Crippen LogP contribution in [0.15, 0.2) is 24.4 Å². The van der Waals surface area contributed by atoms with Gasteiger partial charge in [0.2, 0.25) is 11.8 Å². The Kier molecular flexibility index (Phi) is 7.96. The Bertz CT molecular complexity index is 1240. The summed E-state index contributed by atoms with van der Waals surface area (Å²) in [4.78, 5) is 28.4. The van der Waals surface area contributed by atoms with Crippen LogP contribution in [-0.4, -0.2) is 61.1 Å². The third kappa shape index (κ3) is 6.94. The summed E-state index contributed by atoms with van der Waals surface area (Å²) in [5.41, 5.74) is -1.52. The molecule has 1 aliphatic heterocycles. The molecule has 9 nitrogen and oxygen atoms in total. The van der Waals surface area contributed by atoms with Gasteiger partial charge >= 0.3 is 6.18 Å². The van der Waals surface area contributed by atoms with Gasteiger partial charge < -0.3 is 20.1 Å². The smallest absolute Gasteiger partial charge is 0.416 e. The molecule has 2 heterocycles. The van der Waals surface area contributed by atoms with Gasteiger partial charge in [0, 0.05) is 31.6 Å². The molecule has 12 heteroatoms. The summed E-state index contributed by atoms with van der Waals surface area (Å²) in [6.45, 7) is 10.3. The molecular weight excluding hydrogens is 527 g/mol. The molecular formula is C28H38F3N5O4. The van der Waals surface area contributed by atoms with Crippen molar-refractivity contribution in [2.24, 2.45) is 5.41 Å². The van der Waals surface area contributed by atoms with Crippen molar-refractivity contribution in [3.8, 4) is 5.75 Å². The highest BCUT2D eigenvalue weighted by molar-refractivity contribution is 5.90. The van der Waals surface area contributed by atoms with Crippen LogP contribution in [-0.2, 0) is 22.3 Å². The Morgan fingerprint density at radius 3 is 2.40 bits per heavy atom. The number of carbonyl (C=O) groups is 2. The molecule has 1 aromatic heterocycles. The van der Waals surface area contributed by atoms with Crippen molar-refractivity contribution in [3.05, 3.63) is 41.2 Å². The molecule has 1 aromatic carbocycles. The zero-order chi connectivity index (χ0) is 29.6. The minimum Gasteiger partial charge on any atom is -0.488 e. The molecule has 40 heavy (non-hydrogen) atoms. The Morgan fingerprint density at radius 1 is 1.15 bits per heavy atom. The number of rotatable bonds is 7. The van der Waals surface area contributed by atoms with Crippen molar-refractivity contribution in [2.75, 3.05) is 6.54 Å². The standard InChI is InChI=1S/C28H38F3N5O4/c1-26(2,3)23(36-15-21(33-34-36)16-7-8-16)25(39)35-14-18(37)11-22(35)24(38)32-13-17-9-10-19(40-27(4,5)6)12-20(17)28(29,30)31/h9-10,12,15-16,18,22-23,37H,7-8,11,13-14H2,1-6H3,(H,32,38)/t18-,22+,23-/m1/s1. The van der Waals surface area contributed by atoms with E-state index < -0.39 is 59.3 Å². The number of halogens is 3. The molecule has 1 saturated heterocycles. The van der Waals surface area contributed by atoms with E-state index in [2.05, 4.69) is 15.6 Å². The minimum atomic E-state index is -4.67. The first kappa shape index (κ1) is 29.8. The van der Waals surface area contributed by atoms with Gasteiger partial charge in [-0.2, -0.15) is 13.2 Å². The molecule has 220 valence electrons. The highest BCUT2D eigenvalue weighted by atomic mass is 19.4. The highest BCUT2D eigenvalue weighted by Gasteiger charge is 2.45. The van der Waals surface area contributed by atoms with Gasteiger partial charge in [-0.25, -0.2) is 4.68 Å². The number of benzene rings is 1. The molecule has 1 aliphatic carbocycles. The number of ether oxygens (including phenoxy) is 1. The van der Waals surface area contributed by atoms with Crippen molar-refractivity contribution in [1.82, 2.24) is 25.2 Å². The molecule has 2 amide bonds. The maximum absolute atomic E-state index is 13.9. The van der Waals surface area contributed by atoms with E-state index in [1.165, 1.54) is 21.7 Å². The number of aromatic nitrogens is 3. The summed E-state index contributed by atoms with van der Waals surface area (Å²) in [7, 11) is 0. The molecule has 2 aliphatic rings. The lowest BCUT2D eigenvalue weighted by Gasteiger charge is -2.34. The second kappa shape index (κ2) is 10.7. The van der Waals surface area contributed by atoms with Crippen LogP contribution < -0.4 is 10.1 Å². The summed E-state index contributed by atoms with van der Waals surface area (Å²) in [6, 6.07) is 1.79. The SMILES string of the molecule is CC(C)(C)Oc1ccc(CNC(=O)[C@@H]2C[C@@H](O)CN2C(=O)[C@@H](n2cc(C3CC3)nn2)C(C)(C)C)c(C(F)(F)F)c1. The lowest BCUT2D eigenvalue weighted by atomic mass is 9.85. The number of hydrogen-bond acceptors (Lipinski definition) is 6. The molecule has 0 radical (unpaired) electrons. The maximum Gasteiger partial charge on any atom is 0.416 e. The number of carbonyl (C=O) groups excluding carboxylic acids is 2. The van der Waals surface area contributed by atoms with Gasteiger partial charge in [0.1, 0.15) is 23.4 Å². The number of nitrogens with zero attached hydrogens (tertiary/aromatic N) is 4. The number of aliphatic hydroxyl groups is 1. The maximum atomic E-state index is 13.9. The lowest BCUT2D eigenvalue weighted by Crippen LogP contribution is -2.50. The molecule has 0 bridgehead atoms. The van der Waals surface area contributed by atoms with E-state index in [0.29, 0.717) is 5.92 Å². The summed E-state index contributed by atoms with van der Waals surface area (Å²) >= 11 is 0. The number of nitrogens with one attached hydrogen (secondary N) is 1. The first-order chi connectivity index (χ1) is 18.4. The van der Waals surface area contributed by atoms with E-state index >= 15 is 0 Å². The fraction of sp³-hybridized carbons (Fsp3) is 0.643. The molecule has 0 spiro atoms. The molecule has 2 N–H and O–H groups in total. The van der Waals surface area contributed by atoms with Crippen LogP contribution in [0.2, 0.25) is 0 Å². The van der Waals surface area contributed by atoms with Gasteiger partial charge in [-0.05, 0) is 56.7 Å². The monoisotopic (exact) mass is 565 g/mol. The molecule has 1 saturated carbocycles. The normalized spacial score (nSPS) is 20.9. The first-order valence-electron chi connectivity index (χ1n) is 13.5. The van der Waals surface area contributed by atoms with E-state index in [4.69, 9.17) is 4.74 Å². The van der Waals surface area contributed by atoms with Crippen molar-refractivity contribution < 1.29 is 32.6 Å².